The van der Waals surface area contributed by atoms with Crippen molar-refractivity contribution in [2.24, 2.45) is 5.16 Å². The Kier molecular flexibility index (Phi) is 4.41. The monoisotopic (exact) mass is 231 g/mol. The number of aromatic nitrogens is 1. The van der Waals surface area contributed by atoms with E-state index in [0.717, 1.165) is 0 Å². The molecule has 0 aromatic carbocycles. The second-order valence-electron chi connectivity index (χ2n) is 2.20. The molecule has 0 saturated heterocycles. The lowest BCUT2D eigenvalue weighted by molar-refractivity contribution is -0.102. The quantitative estimate of drug-likeness (QED) is 0.268. The molecule has 0 bridgehead atoms. The fourth-order valence-electron chi connectivity index (χ4n) is 0.683. The summed E-state index contributed by atoms with van der Waals surface area (Å²) >= 11 is 2.72. The summed E-state index contributed by atoms with van der Waals surface area (Å²) < 4.78 is 0. The van der Waals surface area contributed by atoms with Crippen LogP contribution in [0.1, 0.15) is 5.69 Å². The number of oxime groups is 1. The summed E-state index contributed by atoms with van der Waals surface area (Å²) in [6.07, 6.45) is 2.46. The predicted molar refractivity (Wildman–Crippen MR) is 58.6 cm³/mol. The van der Waals surface area contributed by atoms with Gasteiger partial charge in [-0.05, 0) is 6.26 Å². The molecule has 2 N–H and O–H groups in total. The summed E-state index contributed by atoms with van der Waals surface area (Å²) in [5.41, 5.74) is 6.02. The van der Waals surface area contributed by atoms with Gasteiger partial charge < -0.3 is 10.6 Å². The minimum atomic E-state index is 0.159. The number of thiazole rings is 1. The van der Waals surface area contributed by atoms with Gasteiger partial charge in [0, 0.05) is 5.38 Å². The maximum absolute atomic E-state index is 10.6. The molecule has 0 amide bonds. The number of hydrogen-bond donors (Lipinski definition) is 1. The van der Waals surface area contributed by atoms with Crippen LogP contribution in [0.25, 0.3) is 0 Å². The van der Waals surface area contributed by atoms with Crippen molar-refractivity contribution in [1.82, 2.24) is 4.98 Å². The van der Waals surface area contributed by atoms with Crippen molar-refractivity contribution in [3.63, 3.8) is 0 Å². The third-order valence-corrected chi connectivity index (χ3v) is 2.24. The van der Waals surface area contributed by atoms with E-state index in [0.29, 0.717) is 23.1 Å². The van der Waals surface area contributed by atoms with E-state index in [1.54, 1.807) is 5.38 Å². The van der Waals surface area contributed by atoms with Gasteiger partial charge in [-0.2, -0.15) is 0 Å². The number of aldehydes is 1. The van der Waals surface area contributed by atoms with Crippen molar-refractivity contribution in [1.29, 1.82) is 0 Å². The lowest BCUT2D eigenvalue weighted by Gasteiger charge is -1.95. The van der Waals surface area contributed by atoms with Gasteiger partial charge in [0.25, 0.3) is 0 Å². The fraction of sp³-hybridized carbons (Fsp3) is 0.286. The van der Waals surface area contributed by atoms with E-state index in [9.17, 15) is 4.79 Å². The van der Waals surface area contributed by atoms with Gasteiger partial charge in [-0.15, -0.1) is 23.1 Å². The predicted octanol–water partition coefficient (Wildman–Crippen LogP) is 0.965. The van der Waals surface area contributed by atoms with E-state index >= 15 is 0 Å². The van der Waals surface area contributed by atoms with Crippen LogP contribution in [0.5, 0.6) is 0 Å². The maximum Gasteiger partial charge on any atom is 0.180 e. The molecule has 0 spiro atoms. The molecule has 14 heavy (non-hydrogen) atoms. The summed E-state index contributed by atoms with van der Waals surface area (Å²) in [4.78, 5) is 19.4. The summed E-state index contributed by atoms with van der Waals surface area (Å²) in [5, 5.41) is 5.69. The SMILES string of the molecule is CSCO/N=C(/C=O)c1csc(N)n1. The largest absolute Gasteiger partial charge is 0.384 e. The van der Waals surface area contributed by atoms with Crippen molar-refractivity contribution in [2.45, 2.75) is 0 Å². The van der Waals surface area contributed by atoms with Gasteiger partial charge >= 0.3 is 0 Å². The van der Waals surface area contributed by atoms with Gasteiger partial charge in [0.1, 0.15) is 5.69 Å². The van der Waals surface area contributed by atoms with Crippen LogP contribution in [0, 0.1) is 0 Å². The van der Waals surface area contributed by atoms with E-state index in [1.165, 1.54) is 23.1 Å². The first-order valence-corrected chi connectivity index (χ1v) is 5.90. The van der Waals surface area contributed by atoms with Crippen LogP contribution in [0.3, 0.4) is 0 Å². The molecule has 76 valence electrons. The molecule has 0 fully saturated rings. The molecule has 0 atom stereocenters. The molecular formula is C7H9N3O2S2. The Balaban J connectivity index is 2.71. The molecule has 7 heteroatoms. The number of hydrogen-bond acceptors (Lipinski definition) is 7. The smallest absolute Gasteiger partial charge is 0.180 e. The molecule has 1 heterocycles. The van der Waals surface area contributed by atoms with E-state index in [-0.39, 0.29) is 5.71 Å². The first-order chi connectivity index (χ1) is 6.77. The molecule has 0 aliphatic heterocycles. The van der Waals surface area contributed by atoms with Crippen LogP contribution in [0.15, 0.2) is 10.5 Å². The molecule has 1 rings (SSSR count). The lowest BCUT2D eigenvalue weighted by atomic mass is 10.3. The van der Waals surface area contributed by atoms with Gasteiger partial charge in [-0.25, -0.2) is 4.98 Å². The Labute approximate surface area is 89.3 Å². The van der Waals surface area contributed by atoms with Crippen molar-refractivity contribution in [2.75, 3.05) is 17.9 Å². The highest BCUT2D eigenvalue weighted by molar-refractivity contribution is 7.98. The zero-order chi connectivity index (χ0) is 10.4. The van der Waals surface area contributed by atoms with Crippen molar-refractivity contribution in [3.05, 3.63) is 11.1 Å². The minimum absolute atomic E-state index is 0.159. The zero-order valence-electron chi connectivity index (χ0n) is 7.47. The maximum atomic E-state index is 10.6. The van der Waals surface area contributed by atoms with Crippen LogP contribution in [0.4, 0.5) is 5.13 Å². The number of nitrogens with two attached hydrogens (primary N) is 1. The molecule has 0 radical (unpaired) electrons. The molecule has 0 aliphatic rings. The summed E-state index contributed by atoms with van der Waals surface area (Å²) in [6, 6.07) is 0. The van der Waals surface area contributed by atoms with Gasteiger partial charge in [0.05, 0.1) is 0 Å². The second-order valence-corrected chi connectivity index (χ2v) is 3.90. The summed E-state index contributed by atoms with van der Waals surface area (Å²) in [5.74, 6) is 0.400. The highest BCUT2D eigenvalue weighted by Gasteiger charge is 2.06. The average Bonchev–Trinajstić information content (AvgIpc) is 2.60. The first kappa shape index (κ1) is 11.0. The molecular weight excluding hydrogens is 222 g/mol. The molecule has 1 aromatic rings. The van der Waals surface area contributed by atoms with Crippen molar-refractivity contribution < 1.29 is 9.63 Å². The van der Waals surface area contributed by atoms with Crippen molar-refractivity contribution in [3.8, 4) is 0 Å². The second kappa shape index (κ2) is 5.61. The van der Waals surface area contributed by atoms with Gasteiger partial charge in [-0.3, -0.25) is 4.79 Å². The Morgan fingerprint density at radius 3 is 3.21 bits per heavy atom. The van der Waals surface area contributed by atoms with Crippen molar-refractivity contribution >= 4 is 40.2 Å². The molecule has 0 saturated carbocycles. The standard InChI is InChI=1S/C7H9N3O2S2/c1-13-4-12-10-5(2-11)6-3-14-7(8)9-6/h2-3H,4H2,1H3,(H2,8,9)/b10-5-. The molecule has 5 nitrogen and oxygen atoms in total. The zero-order valence-corrected chi connectivity index (χ0v) is 9.10. The summed E-state index contributed by atoms with van der Waals surface area (Å²) in [7, 11) is 0. The molecule has 0 aliphatic carbocycles. The highest BCUT2D eigenvalue weighted by Crippen LogP contribution is 2.11. The number of anilines is 1. The third kappa shape index (κ3) is 3.00. The van der Waals surface area contributed by atoms with E-state index in [1.807, 2.05) is 6.26 Å². The topological polar surface area (TPSA) is 77.6 Å². The third-order valence-electron chi connectivity index (χ3n) is 1.23. The van der Waals surface area contributed by atoms with Gasteiger partial charge in [0.2, 0.25) is 0 Å². The van der Waals surface area contributed by atoms with Crippen LogP contribution in [-0.2, 0) is 9.63 Å². The van der Waals surface area contributed by atoms with E-state index in [4.69, 9.17) is 10.6 Å². The average molecular weight is 231 g/mol. The number of rotatable bonds is 5. The number of carbonyl (C=O) groups excluding carboxylic acids is 1. The minimum Gasteiger partial charge on any atom is -0.384 e. The summed E-state index contributed by atoms with van der Waals surface area (Å²) in [6.45, 7) is 0. The number of nitrogen functional groups attached to an aromatic ring is 1. The van der Waals surface area contributed by atoms with Gasteiger partial charge in [-0.1, -0.05) is 5.16 Å². The molecule has 1 aromatic heterocycles. The Bertz CT molecular complexity index is 337. The Hall–Kier alpha value is -1.08. The Morgan fingerprint density at radius 1 is 1.93 bits per heavy atom. The van der Waals surface area contributed by atoms with Gasteiger partial charge in [0.15, 0.2) is 23.1 Å². The fourth-order valence-corrected chi connectivity index (χ4v) is 1.40. The first-order valence-electron chi connectivity index (χ1n) is 3.63. The number of thioether (sulfide) groups is 1. The highest BCUT2D eigenvalue weighted by atomic mass is 32.2. The Morgan fingerprint density at radius 2 is 2.71 bits per heavy atom. The van der Waals surface area contributed by atoms with Crippen LogP contribution in [0.2, 0.25) is 0 Å². The lowest BCUT2D eigenvalue weighted by Crippen LogP contribution is -2.04. The normalized spacial score (nSPS) is 11.4. The number of carbonyl (C=O) groups is 1. The van der Waals surface area contributed by atoms with E-state index in [2.05, 4.69) is 10.1 Å². The van der Waals surface area contributed by atoms with Crippen LogP contribution >= 0.6 is 23.1 Å². The molecule has 0 unspecified atom stereocenters. The van der Waals surface area contributed by atoms with Crippen LogP contribution < -0.4 is 5.73 Å². The number of nitrogens with zero attached hydrogens (tertiary/aromatic N) is 2. The van der Waals surface area contributed by atoms with Crippen LogP contribution in [-0.4, -0.2) is 29.2 Å². The van der Waals surface area contributed by atoms with E-state index < -0.39 is 0 Å².